The van der Waals surface area contributed by atoms with Gasteiger partial charge in [0.1, 0.15) is 0 Å². The summed E-state index contributed by atoms with van der Waals surface area (Å²) in [5.41, 5.74) is 0.216. The van der Waals surface area contributed by atoms with E-state index in [4.69, 9.17) is 4.74 Å². The van der Waals surface area contributed by atoms with E-state index < -0.39 is 0 Å². The predicted octanol–water partition coefficient (Wildman–Crippen LogP) is 0.724. The minimum atomic E-state index is -0.137. The van der Waals surface area contributed by atoms with Crippen molar-refractivity contribution in [1.82, 2.24) is 4.90 Å². The molecule has 2 aliphatic heterocycles. The van der Waals surface area contributed by atoms with Crippen molar-refractivity contribution in [3.05, 3.63) is 0 Å². The van der Waals surface area contributed by atoms with Crippen LogP contribution >= 0.6 is 0 Å². The highest BCUT2D eigenvalue weighted by Gasteiger charge is 2.41. The fourth-order valence-electron chi connectivity index (χ4n) is 2.46. The molecule has 3 nitrogen and oxygen atoms in total. The van der Waals surface area contributed by atoms with Crippen LogP contribution in [0.25, 0.3) is 0 Å². The van der Waals surface area contributed by atoms with Crippen molar-refractivity contribution in [2.75, 3.05) is 26.3 Å². The first-order chi connectivity index (χ1) is 6.48. The van der Waals surface area contributed by atoms with Crippen molar-refractivity contribution >= 4 is 0 Å². The van der Waals surface area contributed by atoms with E-state index in [1.807, 2.05) is 0 Å². The molecule has 0 spiro atoms. The smallest absolute Gasteiger partial charge is 0.0665 e. The van der Waals surface area contributed by atoms with Crippen LogP contribution in [0.5, 0.6) is 0 Å². The fraction of sp³-hybridized carbons (Fsp3) is 1.00. The molecule has 2 bridgehead atoms. The standard InChI is InChI=1S/C11H21NO2/c1-11(2,3)12-4-8-6-14-7-9(5-12)10(8)13/h8-10,13H,4-7H2,1-3H3/t8-,9-/m1/s1. The summed E-state index contributed by atoms with van der Waals surface area (Å²) in [6, 6.07) is 0. The molecule has 0 aliphatic carbocycles. The van der Waals surface area contributed by atoms with Crippen LogP contribution < -0.4 is 0 Å². The number of likely N-dealkylation sites (tertiary alicyclic amines) is 1. The first-order valence-electron chi connectivity index (χ1n) is 5.49. The van der Waals surface area contributed by atoms with E-state index in [0.29, 0.717) is 11.8 Å². The highest BCUT2D eigenvalue weighted by atomic mass is 16.5. The highest BCUT2D eigenvalue weighted by molar-refractivity contribution is 4.93. The number of aliphatic hydroxyl groups excluding tert-OH is 1. The Morgan fingerprint density at radius 2 is 1.64 bits per heavy atom. The molecule has 3 heteroatoms. The lowest BCUT2D eigenvalue weighted by molar-refractivity contribution is -0.137. The van der Waals surface area contributed by atoms with E-state index in [1.54, 1.807) is 0 Å². The molecule has 2 rings (SSSR count). The van der Waals surface area contributed by atoms with Crippen LogP contribution in [-0.2, 0) is 4.74 Å². The van der Waals surface area contributed by atoms with Gasteiger partial charge in [0, 0.05) is 30.5 Å². The molecule has 0 radical (unpaired) electrons. The van der Waals surface area contributed by atoms with Crippen molar-refractivity contribution in [3.8, 4) is 0 Å². The van der Waals surface area contributed by atoms with E-state index >= 15 is 0 Å². The largest absolute Gasteiger partial charge is 0.392 e. The molecule has 14 heavy (non-hydrogen) atoms. The molecule has 2 atom stereocenters. The van der Waals surface area contributed by atoms with Crippen LogP contribution in [0, 0.1) is 11.8 Å². The Labute approximate surface area is 86.0 Å². The number of fused-ring (bicyclic) bond motifs is 2. The summed E-state index contributed by atoms with van der Waals surface area (Å²) in [6.45, 7) is 10.1. The van der Waals surface area contributed by atoms with Crippen molar-refractivity contribution in [1.29, 1.82) is 0 Å². The Bertz CT molecular complexity index is 198. The molecule has 2 aliphatic rings. The molecule has 2 saturated heterocycles. The summed E-state index contributed by atoms with van der Waals surface area (Å²) in [7, 11) is 0. The summed E-state index contributed by atoms with van der Waals surface area (Å²) in [5, 5.41) is 9.97. The Kier molecular flexibility index (Phi) is 2.58. The quantitative estimate of drug-likeness (QED) is 0.624. The number of hydrogen-bond donors (Lipinski definition) is 1. The van der Waals surface area contributed by atoms with Gasteiger partial charge in [-0.3, -0.25) is 4.90 Å². The van der Waals surface area contributed by atoms with E-state index in [1.165, 1.54) is 0 Å². The number of ether oxygens (including phenoxy) is 1. The Morgan fingerprint density at radius 3 is 2.07 bits per heavy atom. The third-order valence-electron chi connectivity index (χ3n) is 3.49. The molecule has 1 N–H and O–H groups in total. The van der Waals surface area contributed by atoms with Crippen molar-refractivity contribution in [2.24, 2.45) is 11.8 Å². The zero-order chi connectivity index (χ0) is 10.3. The summed E-state index contributed by atoms with van der Waals surface area (Å²) in [4.78, 5) is 2.47. The van der Waals surface area contributed by atoms with Crippen LogP contribution in [-0.4, -0.2) is 48.0 Å². The molecule has 0 aromatic carbocycles. The second-order valence-corrected chi connectivity index (χ2v) is 5.62. The maximum absolute atomic E-state index is 9.97. The summed E-state index contributed by atoms with van der Waals surface area (Å²) in [6.07, 6.45) is -0.137. The van der Waals surface area contributed by atoms with Crippen LogP contribution in [0.3, 0.4) is 0 Å². The third-order valence-corrected chi connectivity index (χ3v) is 3.49. The molecule has 0 aromatic rings. The minimum absolute atomic E-state index is 0.137. The molecule has 0 aromatic heterocycles. The van der Waals surface area contributed by atoms with Crippen molar-refractivity contribution in [2.45, 2.75) is 32.4 Å². The number of piperidine rings is 1. The third kappa shape index (κ3) is 1.81. The molecule has 82 valence electrons. The molecular formula is C11H21NO2. The zero-order valence-corrected chi connectivity index (χ0v) is 9.36. The lowest BCUT2D eigenvalue weighted by Gasteiger charge is -2.49. The number of nitrogens with zero attached hydrogens (tertiary/aromatic N) is 1. The van der Waals surface area contributed by atoms with Gasteiger partial charge in [-0.25, -0.2) is 0 Å². The first-order valence-corrected chi connectivity index (χ1v) is 5.49. The number of aliphatic hydroxyl groups is 1. The first kappa shape index (κ1) is 10.4. The molecule has 2 heterocycles. The second kappa shape index (κ2) is 3.47. The van der Waals surface area contributed by atoms with Gasteiger partial charge < -0.3 is 9.84 Å². The molecule has 2 fully saturated rings. The van der Waals surface area contributed by atoms with Gasteiger partial charge in [0.15, 0.2) is 0 Å². The Morgan fingerprint density at radius 1 is 1.14 bits per heavy atom. The summed E-state index contributed by atoms with van der Waals surface area (Å²) in [5.74, 6) is 0.642. The monoisotopic (exact) mass is 199 g/mol. The topological polar surface area (TPSA) is 32.7 Å². The Balaban J connectivity index is 2.08. The highest BCUT2D eigenvalue weighted by Crippen LogP contribution is 2.31. The van der Waals surface area contributed by atoms with Gasteiger partial charge in [-0.2, -0.15) is 0 Å². The fourth-order valence-corrected chi connectivity index (χ4v) is 2.46. The average molecular weight is 199 g/mol. The normalized spacial score (nSPS) is 39.9. The number of rotatable bonds is 0. The van der Waals surface area contributed by atoms with Crippen molar-refractivity contribution < 1.29 is 9.84 Å². The summed E-state index contributed by atoms with van der Waals surface area (Å²) < 4.78 is 5.48. The maximum Gasteiger partial charge on any atom is 0.0665 e. The van der Waals surface area contributed by atoms with E-state index in [2.05, 4.69) is 25.7 Å². The lowest BCUT2D eigenvalue weighted by atomic mass is 9.83. The molecular weight excluding hydrogens is 178 g/mol. The predicted molar refractivity (Wildman–Crippen MR) is 55.1 cm³/mol. The zero-order valence-electron chi connectivity index (χ0n) is 9.36. The van der Waals surface area contributed by atoms with Gasteiger partial charge in [0.25, 0.3) is 0 Å². The van der Waals surface area contributed by atoms with E-state index in [0.717, 1.165) is 26.3 Å². The molecule has 0 unspecified atom stereocenters. The van der Waals surface area contributed by atoms with Gasteiger partial charge in [0.05, 0.1) is 19.3 Å². The van der Waals surface area contributed by atoms with Gasteiger partial charge >= 0.3 is 0 Å². The maximum atomic E-state index is 9.97. The van der Waals surface area contributed by atoms with E-state index in [9.17, 15) is 5.11 Å². The van der Waals surface area contributed by atoms with Crippen LogP contribution in [0.15, 0.2) is 0 Å². The van der Waals surface area contributed by atoms with E-state index in [-0.39, 0.29) is 11.6 Å². The Hall–Kier alpha value is -0.120. The lowest BCUT2D eigenvalue weighted by Crippen LogP contribution is -2.59. The van der Waals surface area contributed by atoms with Gasteiger partial charge in [-0.05, 0) is 20.8 Å². The van der Waals surface area contributed by atoms with Gasteiger partial charge in [-0.15, -0.1) is 0 Å². The van der Waals surface area contributed by atoms with Gasteiger partial charge in [0.2, 0.25) is 0 Å². The summed E-state index contributed by atoms with van der Waals surface area (Å²) >= 11 is 0. The van der Waals surface area contributed by atoms with Gasteiger partial charge in [-0.1, -0.05) is 0 Å². The average Bonchev–Trinajstić information content (AvgIpc) is 2.00. The minimum Gasteiger partial charge on any atom is -0.392 e. The second-order valence-electron chi connectivity index (χ2n) is 5.62. The van der Waals surface area contributed by atoms with Crippen molar-refractivity contribution in [3.63, 3.8) is 0 Å². The molecule has 0 saturated carbocycles. The SMILES string of the molecule is CC(C)(C)N1C[C@@H]2COC[C@@H](C1)C2O. The van der Waals surface area contributed by atoms with Crippen LogP contribution in [0.1, 0.15) is 20.8 Å². The van der Waals surface area contributed by atoms with Crippen LogP contribution in [0.2, 0.25) is 0 Å². The van der Waals surface area contributed by atoms with Crippen LogP contribution in [0.4, 0.5) is 0 Å². The molecule has 0 amide bonds. The number of hydrogen-bond acceptors (Lipinski definition) is 3.